The van der Waals surface area contributed by atoms with Crippen LogP contribution in [0.2, 0.25) is 5.02 Å². The lowest BCUT2D eigenvalue weighted by Gasteiger charge is -2.33. The van der Waals surface area contributed by atoms with Crippen molar-refractivity contribution in [3.63, 3.8) is 0 Å². The first-order valence-electron chi connectivity index (χ1n) is 11.8. The van der Waals surface area contributed by atoms with Crippen LogP contribution in [0.5, 0.6) is 5.75 Å². The summed E-state index contributed by atoms with van der Waals surface area (Å²) in [6.07, 6.45) is 0.687. The van der Waals surface area contributed by atoms with Crippen LogP contribution in [0.15, 0.2) is 30.3 Å². The van der Waals surface area contributed by atoms with Crippen LogP contribution in [0.25, 0.3) is 11.3 Å². The summed E-state index contributed by atoms with van der Waals surface area (Å²) in [5, 5.41) is 7.24. The number of nitrogens with one attached hydrogen (secondary N) is 1. The Balaban J connectivity index is 1.41. The Hall–Kier alpha value is -3.53. The molecule has 1 aromatic heterocycles. The van der Waals surface area contributed by atoms with Gasteiger partial charge in [-0.15, -0.1) is 0 Å². The topological polar surface area (TPSA) is 76.5 Å². The Morgan fingerprint density at radius 1 is 1.16 bits per heavy atom. The molecule has 7 nitrogen and oxygen atoms in total. The number of ether oxygens (including phenoxy) is 1. The normalized spacial score (nSPS) is 19.1. The molecule has 3 heterocycles. The maximum absolute atomic E-state index is 14.5. The van der Waals surface area contributed by atoms with E-state index in [2.05, 4.69) is 10.4 Å². The molecular weight excluding hydrogens is 509 g/mol. The van der Waals surface area contributed by atoms with Crippen molar-refractivity contribution in [2.75, 3.05) is 19.7 Å². The van der Waals surface area contributed by atoms with Gasteiger partial charge >= 0.3 is 0 Å². The Morgan fingerprint density at radius 2 is 1.86 bits per heavy atom. The highest BCUT2D eigenvalue weighted by Crippen LogP contribution is 2.38. The highest BCUT2D eigenvalue weighted by Gasteiger charge is 2.35. The van der Waals surface area contributed by atoms with Gasteiger partial charge in [0.15, 0.2) is 0 Å². The van der Waals surface area contributed by atoms with Crippen molar-refractivity contribution >= 4 is 23.4 Å². The van der Waals surface area contributed by atoms with Crippen molar-refractivity contribution in [1.82, 2.24) is 20.0 Å². The number of aromatic nitrogens is 2. The van der Waals surface area contributed by atoms with Gasteiger partial charge in [0.1, 0.15) is 23.2 Å². The number of rotatable bonds is 5. The molecule has 2 aromatic carbocycles. The third kappa shape index (κ3) is 4.77. The maximum atomic E-state index is 14.5. The van der Waals surface area contributed by atoms with Crippen LogP contribution in [0.1, 0.15) is 41.0 Å². The van der Waals surface area contributed by atoms with Gasteiger partial charge < -0.3 is 15.0 Å². The van der Waals surface area contributed by atoms with E-state index in [-0.39, 0.29) is 41.3 Å². The molecule has 2 aliphatic rings. The van der Waals surface area contributed by atoms with Crippen LogP contribution in [0.3, 0.4) is 0 Å². The van der Waals surface area contributed by atoms with Crippen molar-refractivity contribution in [3.05, 3.63) is 69.6 Å². The Kier molecular flexibility index (Phi) is 6.61. The van der Waals surface area contributed by atoms with Crippen LogP contribution >= 0.6 is 11.6 Å². The monoisotopic (exact) mass is 532 g/mol. The molecule has 1 unspecified atom stereocenters. The molecule has 0 bridgehead atoms. The summed E-state index contributed by atoms with van der Waals surface area (Å²) in [7, 11) is 1.68. The second kappa shape index (κ2) is 9.74. The number of amides is 2. The smallest absolute Gasteiger partial charge is 0.256 e. The van der Waals surface area contributed by atoms with Crippen LogP contribution in [-0.4, -0.2) is 46.2 Å². The zero-order valence-electron chi connectivity index (χ0n) is 20.2. The molecule has 3 aromatic rings. The van der Waals surface area contributed by atoms with E-state index >= 15 is 0 Å². The zero-order valence-corrected chi connectivity index (χ0v) is 20.9. The SMILES string of the molecule is C[C@H]1c2nn(C)c(-c3cc(F)cc(F)c3)c2CCN1C(=O)c1cc(F)cc(OCC2CNC(=O)C2)c1Cl. The average molecular weight is 533 g/mol. The summed E-state index contributed by atoms with van der Waals surface area (Å²) in [5.74, 6) is -2.68. The predicted molar refractivity (Wildman–Crippen MR) is 130 cm³/mol. The molecule has 1 fully saturated rings. The van der Waals surface area contributed by atoms with Crippen molar-refractivity contribution < 1.29 is 27.5 Å². The van der Waals surface area contributed by atoms with Crippen LogP contribution in [-0.2, 0) is 18.3 Å². The minimum atomic E-state index is -0.694. The number of fused-ring (bicyclic) bond motifs is 1. The third-order valence-corrected chi connectivity index (χ3v) is 7.20. The van der Waals surface area contributed by atoms with E-state index in [9.17, 15) is 22.8 Å². The molecule has 0 spiro atoms. The van der Waals surface area contributed by atoms with Gasteiger partial charge in [-0.2, -0.15) is 5.10 Å². The molecule has 1 N–H and O–H groups in total. The number of halogens is 4. The summed E-state index contributed by atoms with van der Waals surface area (Å²) < 4.78 is 49.5. The van der Waals surface area contributed by atoms with Gasteiger partial charge in [0.2, 0.25) is 5.91 Å². The van der Waals surface area contributed by atoms with Crippen molar-refractivity contribution in [2.45, 2.75) is 25.8 Å². The van der Waals surface area contributed by atoms with Gasteiger partial charge in [-0.3, -0.25) is 14.3 Å². The summed E-state index contributed by atoms with van der Waals surface area (Å²) in [6, 6.07) is 4.97. The first-order chi connectivity index (χ1) is 17.6. The fourth-order valence-electron chi connectivity index (χ4n) is 5.04. The largest absolute Gasteiger partial charge is 0.492 e. The number of benzene rings is 2. The van der Waals surface area contributed by atoms with Crippen molar-refractivity contribution in [2.24, 2.45) is 13.0 Å². The number of aryl methyl sites for hydroxylation is 1. The lowest BCUT2D eigenvalue weighted by Crippen LogP contribution is -2.39. The van der Waals surface area contributed by atoms with E-state index in [1.54, 1.807) is 18.7 Å². The first-order valence-corrected chi connectivity index (χ1v) is 12.2. The number of nitrogens with zero attached hydrogens (tertiary/aromatic N) is 3. The van der Waals surface area contributed by atoms with Gasteiger partial charge in [-0.1, -0.05) is 11.6 Å². The summed E-state index contributed by atoms with van der Waals surface area (Å²) >= 11 is 6.48. The molecule has 2 amide bonds. The van der Waals surface area contributed by atoms with E-state index in [1.807, 2.05) is 0 Å². The van der Waals surface area contributed by atoms with E-state index in [1.165, 1.54) is 17.0 Å². The molecule has 0 saturated carbocycles. The Bertz CT molecular complexity index is 1390. The van der Waals surface area contributed by atoms with Crippen LogP contribution in [0.4, 0.5) is 13.2 Å². The van der Waals surface area contributed by atoms with Crippen molar-refractivity contribution in [1.29, 1.82) is 0 Å². The van der Waals surface area contributed by atoms with E-state index < -0.39 is 29.4 Å². The highest BCUT2D eigenvalue weighted by molar-refractivity contribution is 6.35. The Labute approximate surface area is 216 Å². The predicted octanol–water partition coefficient (Wildman–Crippen LogP) is 4.43. The van der Waals surface area contributed by atoms with Crippen LogP contribution < -0.4 is 10.1 Å². The number of carbonyl (C=O) groups excluding carboxylic acids is 2. The van der Waals surface area contributed by atoms with E-state index in [0.717, 1.165) is 23.8 Å². The van der Waals surface area contributed by atoms with Gasteiger partial charge in [-0.05, 0) is 31.5 Å². The fraction of sp³-hybridized carbons (Fsp3) is 0.346. The zero-order chi connectivity index (χ0) is 26.4. The van der Waals surface area contributed by atoms with E-state index in [0.29, 0.717) is 36.3 Å². The highest BCUT2D eigenvalue weighted by atomic mass is 35.5. The molecule has 11 heteroatoms. The standard InChI is InChI=1S/C26H24ClF3N4O3/c1-13-24-19(25(33(2)32-24)15-6-16(28)8-17(29)7-15)3-4-34(13)26(36)20-9-18(30)10-21(23(20)27)37-12-14-5-22(35)31-11-14/h6-10,13-14H,3-5,11-12H2,1-2H3,(H,31,35)/t13-,14?/m0/s1. The summed E-state index contributed by atoms with van der Waals surface area (Å²) in [4.78, 5) is 26.5. The van der Waals surface area contributed by atoms with E-state index in [4.69, 9.17) is 16.3 Å². The number of hydrogen-bond acceptors (Lipinski definition) is 4. The van der Waals surface area contributed by atoms with Gasteiger partial charge in [0, 0.05) is 55.7 Å². The lowest BCUT2D eigenvalue weighted by molar-refractivity contribution is -0.119. The third-order valence-electron chi connectivity index (χ3n) is 6.81. The molecule has 37 heavy (non-hydrogen) atoms. The molecule has 0 radical (unpaired) electrons. The molecule has 2 atom stereocenters. The van der Waals surface area contributed by atoms with Gasteiger partial charge in [0.25, 0.3) is 5.91 Å². The minimum absolute atomic E-state index is 0.0152. The first kappa shape index (κ1) is 25.1. The minimum Gasteiger partial charge on any atom is -0.492 e. The second-order valence-electron chi connectivity index (χ2n) is 9.37. The summed E-state index contributed by atoms with van der Waals surface area (Å²) in [6.45, 7) is 2.66. The number of carbonyl (C=O) groups is 2. The quantitative estimate of drug-likeness (QED) is 0.527. The van der Waals surface area contributed by atoms with Crippen molar-refractivity contribution in [3.8, 4) is 17.0 Å². The van der Waals surface area contributed by atoms with Gasteiger partial charge in [0.05, 0.1) is 34.6 Å². The van der Waals surface area contributed by atoms with Crippen LogP contribution in [0, 0.1) is 23.4 Å². The molecule has 194 valence electrons. The molecule has 2 aliphatic heterocycles. The molecule has 1 saturated heterocycles. The molecule has 5 rings (SSSR count). The summed E-state index contributed by atoms with van der Waals surface area (Å²) in [5.41, 5.74) is 2.26. The lowest BCUT2D eigenvalue weighted by atomic mass is 9.95. The average Bonchev–Trinajstić information content (AvgIpc) is 3.41. The fourth-order valence-corrected chi connectivity index (χ4v) is 5.29. The maximum Gasteiger partial charge on any atom is 0.256 e. The Morgan fingerprint density at radius 3 is 2.54 bits per heavy atom. The molecular formula is C26H24ClF3N4O3. The molecule has 0 aliphatic carbocycles. The van der Waals surface area contributed by atoms with Gasteiger partial charge in [-0.25, -0.2) is 13.2 Å². The second-order valence-corrected chi connectivity index (χ2v) is 9.75. The number of hydrogen-bond donors (Lipinski definition) is 1.